The first-order valence-electron chi connectivity index (χ1n) is 9.50. The standard InChI is InChI=1S/C19H22N4O4S2/c1-12-10-14-11-15(4-5-16(14)23(12)18(25)13-2-3-13)29(26,27)21-7-6-17(24)22-19-20-8-9-28-19/h4-5,8-9,11-13,21H,2-3,6-7,10H2,1H3,(H,20,22,24)/t12-/m1/s1. The zero-order chi connectivity index (χ0) is 20.6. The molecule has 0 saturated heterocycles. The van der Waals surface area contributed by atoms with Crippen LogP contribution in [-0.2, 0) is 26.0 Å². The summed E-state index contributed by atoms with van der Waals surface area (Å²) in [5, 5.41) is 4.84. The summed E-state index contributed by atoms with van der Waals surface area (Å²) in [5.41, 5.74) is 1.66. The smallest absolute Gasteiger partial charge is 0.240 e. The van der Waals surface area contributed by atoms with E-state index in [0.29, 0.717) is 11.6 Å². The number of thiazole rings is 1. The molecule has 2 N–H and O–H groups in total. The predicted molar refractivity (Wildman–Crippen MR) is 110 cm³/mol. The van der Waals surface area contributed by atoms with E-state index < -0.39 is 10.0 Å². The van der Waals surface area contributed by atoms with Gasteiger partial charge >= 0.3 is 0 Å². The lowest BCUT2D eigenvalue weighted by atomic mass is 10.1. The fourth-order valence-electron chi connectivity index (χ4n) is 3.49. The molecule has 2 amide bonds. The molecule has 0 spiro atoms. The van der Waals surface area contributed by atoms with E-state index in [4.69, 9.17) is 0 Å². The van der Waals surface area contributed by atoms with E-state index in [0.717, 1.165) is 24.1 Å². The van der Waals surface area contributed by atoms with Gasteiger partial charge in [-0.2, -0.15) is 0 Å². The number of carbonyl (C=O) groups excluding carboxylic acids is 2. The van der Waals surface area contributed by atoms with E-state index in [-0.39, 0.29) is 41.6 Å². The molecule has 1 aromatic carbocycles. The number of aromatic nitrogens is 1. The predicted octanol–water partition coefficient (Wildman–Crippen LogP) is 2.14. The van der Waals surface area contributed by atoms with Gasteiger partial charge in [0.25, 0.3) is 0 Å². The van der Waals surface area contributed by atoms with Crippen molar-refractivity contribution in [2.75, 3.05) is 16.8 Å². The quantitative estimate of drug-likeness (QED) is 0.694. The first-order valence-corrected chi connectivity index (χ1v) is 11.9. The van der Waals surface area contributed by atoms with Crippen LogP contribution in [0, 0.1) is 5.92 Å². The van der Waals surface area contributed by atoms with Gasteiger partial charge in [-0.05, 0) is 49.9 Å². The summed E-state index contributed by atoms with van der Waals surface area (Å²) in [5.74, 6) is -0.0557. The van der Waals surface area contributed by atoms with Crippen molar-refractivity contribution >= 4 is 44.0 Å². The molecule has 0 bridgehead atoms. The van der Waals surface area contributed by atoms with Crippen LogP contribution >= 0.6 is 11.3 Å². The van der Waals surface area contributed by atoms with Crippen molar-refractivity contribution in [2.45, 2.75) is 43.5 Å². The summed E-state index contributed by atoms with van der Waals surface area (Å²) in [4.78, 5) is 30.3. The summed E-state index contributed by atoms with van der Waals surface area (Å²) < 4.78 is 27.7. The van der Waals surface area contributed by atoms with Gasteiger partial charge in [-0.3, -0.25) is 9.59 Å². The van der Waals surface area contributed by atoms with Crippen molar-refractivity contribution in [1.82, 2.24) is 9.71 Å². The van der Waals surface area contributed by atoms with Crippen molar-refractivity contribution in [1.29, 1.82) is 0 Å². The fourth-order valence-corrected chi connectivity index (χ4v) is 5.11. The Kier molecular flexibility index (Phi) is 5.41. The Balaban J connectivity index is 1.39. The monoisotopic (exact) mass is 434 g/mol. The van der Waals surface area contributed by atoms with Gasteiger partial charge in [0.2, 0.25) is 21.8 Å². The Morgan fingerprint density at radius 3 is 2.79 bits per heavy atom. The number of rotatable bonds is 7. The maximum absolute atomic E-state index is 12.6. The molecule has 1 atom stereocenters. The van der Waals surface area contributed by atoms with Gasteiger partial charge in [-0.1, -0.05) is 0 Å². The molecule has 154 valence electrons. The fraction of sp³-hybridized carbons (Fsp3) is 0.421. The molecule has 0 radical (unpaired) electrons. The Hall–Kier alpha value is -2.30. The summed E-state index contributed by atoms with van der Waals surface area (Å²) in [6.45, 7) is 1.97. The van der Waals surface area contributed by atoms with Crippen LogP contribution in [0.5, 0.6) is 0 Å². The van der Waals surface area contributed by atoms with E-state index in [1.54, 1.807) is 28.6 Å². The van der Waals surface area contributed by atoms with E-state index in [1.165, 1.54) is 17.4 Å². The number of nitrogens with zero attached hydrogens (tertiary/aromatic N) is 2. The minimum absolute atomic E-state index is 0.00442. The molecule has 10 heteroatoms. The second-order valence-corrected chi connectivity index (χ2v) is 10.0. The third kappa shape index (κ3) is 4.34. The summed E-state index contributed by atoms with van der Waals surface area (Å²) in [6, 6.07) is 4.88. The molecule has 1 saturated carbocycles. The van der Waals surface area contributed by atoms with Crippen LogP contribution in [0.15, 0.2) is 34.7 Å². The second-order valence-electron chi connectivity index (χ2n) is 7.36. The van der Waals surface area contributed by atoms with Crippen LogP contribution in [0.2, 0.25) is 0 Å². The maximum atomic E-state index is 12.6. The van der Waals surface area contributed by atoms with Crippen molar-refractivity contribution in [3.05, 3.63) is 35.3 Å². The van der Waals surface area contributed by atoms with Crippen LogP contribution in [0.4, 0.5) is 10.8 Å². The molecular weight excluding hydrogens is 412 g/mol. The zero-order valence-corrected chi connectivity index (χ0v) is 17.6. The SMILES string of the molecule is C[C@@H]1Cc2cc(S(=O)(=O)NCCC(=O)Nc3nccs3)ccc2N1C(=O)C1CC1. The number of hydrogen-bond acceptors (Lipinski definition) is 6. The van der Waals surface area contributed by atoms with Gasteiger partial charge in [0.05, 0.1) is 4.90 Å². The molecule has 8 nitrogen and oxygen atoms in total. The van der Waals surface area contributed by atoms with Crippen molar-refractivity contribution < 1.29 is 18.0 Å². The van der Waals surface area contributed by atoms with Gasteiger partial charge in [0.1, 0.15) is 0 Å². The zero-order valence-electron chi connectivity index (χ0n) is 15.9. The van der Waals surface area contributed by atoms with Crippen LogP contribution in [0.1, 0.15) is 31.7 Å². The van der Waals surface area contributed by atoms with Crippen LogP contribution in [0.25, 0.3) is 0 Å². The average Bonchev–Trinajstić information content (AvgIpc) is 3.30. The summed E-state index contributed by atoms with van der Waals surface area (Å²) in [7, 11) is -3.75. The molecule has 1 aliphatic heterocycles. The van der Waals surface area contributed by atoms with E-state index in [2.05, 4.69) is 15.0 Å². The molecule has 1 fully saturated rings. The highest BCUT2D eigenvalue weighted by Crippen LogP contribution is 2.39. The van der Waals surface area contributed by atoms with Crippen LogP contribution < -0.4 is 14.9 Å². The molecule has 29 heavy (non-hydrogen) atoms. The highest BCUT2D eigenvalue weighted by Gasteiger charge is 2.39. The molecule has 0 unspecified atom stereocenters. The first kappa shape index (κ1) is 20.0. The van der Waals surface area contributed by atoms with Gasteiger partial charge in [-0.25, -0.2) is 18.1 Å². The lowest BCUT2D eigenvalue weighted by Crippen LogP contribution is -2.36. The van der Waals surface area contributed by atoms with Gasteiger partial charge in [0, 0.05) is 42.2 Å². The molecule has 1 aromatic heterocycles. The number of amides is 2. The van der Waals surface area contributed by atoms with Gasteiger partial charge < -0.3 is 10.2 Å². The van der Waals surface area contributed by atoms with Crippen LogP contribution in [-0.4, -0.2) is 37.8 Å². The minimum Gasteiger partial charge on any atom is -0.309 e. The first-order chi connectivity index (χ1) is 13.8. The van der Waals surface area contributed by atoms with Gasteiger partial charge in [-0.15, -0.1) is 11.3 Å². The summed E-state index contributed by atoms with van der Waals surface area (Å²) in [6.07, 6.45) is 4.09. The summed E-state index contributed by atoms with van der Waals surface area (Å²) >= 11 is 1.30. The highest BCUT2D eigenvalue weighted by molar-refractivity contribution is 7.89. The largest absolute Gasteiger partial charge is 0.309 e. The number of hydrogen-bond donors (Lipinski definition) is 2. The highest BCUT2D eigenvalue weighted by atomic mass is 32.2. The van der Waals surface area contributed by atoms with E-state index in [1.807, 2.05) is 6.92 Å². The van der Waals surface area contributed by atoms with E-state index >= 15 is 0 Å². The number of sulfonamides is 1. The molecule has 2 aromatic rings. The van der Waals surface area contributed by atoms with Crippen molar-refractivity contribution in [3.63, 3.8) is 0 Å². The number of nitrogens with one attached hydrogen (secondary N) is 2. The Bertz CT molecular complexity index is 1030. The lowest BCUT2D eigenvalue weighted by Gasteiger charge is -2.22. The third-order valence-corrected chi connectivity index (χ3v) is 7.21. The average molecular weight is 435 g/mol. The number of fused-ring (bicyclic) bond motifs is 1. The Labute approximate surface area is 173 Å². The van der Waals surface area contributed by atoms with E-state index in [9.17, 15) is 18.0 Å². The molecule has 2 heterocycles. The number of carbonyl (C=O) groups is 2. The second kappa shape index (κ2) is 7.85. The van der Waals surface area contributed by atoms with Crippen LogP contribution in [0.3, 0.4) is 0 Å². The van der Waals surface area contributed by atoms with Crippen molar-refractivity contribution in [2.24, 2.45) is 5.92 Å². The number of anilines is 2. The lowest BCUT2D eigenvalue weighted by molar-refractivity contribution is -0.120. The Morgan fingerprint density at radius 1 is 1.31 bits per heavy atom. The molecule has 4 rings (SSSR count). The van der Waals surface area contributed by atoms with Crippen molar-refractivity contribution in [3.8, 4) is 0 Å². The minimum atomic E-state index is -3.75. The molecular formula is C19H22N4O4S2. The number of benzene rings is 1. The Morgan fingerprint density at radius 2 is 2.10 bits per heavy atom. The topological polar surface area (TPSA) is 108 Å². The normalized spacial score (nSPS) is 18.5. The van der Waals surface area contributed by atoms with Gasteiger partial charge in [0.15, 0.2) is 5.13 Å². The molecule has 1 aliphatic carbocycles. The third-order valence-electron chi connectivity index (χ3n) is 5.06. The molecule has 2 aliphatic rings. The maximum Gasteiger partial charge on any atom is 0.240 e.